The van der Waals surface area contributed by atoms with Gasteiger partial charge in [-0.3, -0.25) is 14.9 Å². The highest BCUT2D eigenvalue weighted by Crippen LogP contribution is 2.17. The Morgan fingerprint density at radius 3 is 2.38 bits per heavy atom. The summed E-state index contributed by atoms with van der Waals surface area (Å²) in [6.07, 6.45) is 0. The van der Waals surface area contributed by atoms with Crippen LogP contribution in [0.25, 0.3) is 0 Å². The maximum Gasteiger partial charge on any atom is 0.269 e. The molecule has 6 nitrogen and oxygen atoms in total. The molecule has 1 amide bonds. The molecule has 0 unspecified atom stereocenters. The number of benzene rings is 1. The average Bonchev–Trinajstić information content (AvgIpc) is 2.26. The number of nitrogens with zero attached hydrogens (tertiary/aromatic N) is 2. The van der Waals surface area contributed by atoms with Crippen molar-refractivity contribution in [1.29, 1.82) is 0 Å². The van der Waals surface area contributed by atoms with Crippen LogP contribution in [0.3, 0.4) is 0 Å². The maximum absolute atomic E-state index is 11.2. The van der Waals surface area contributed by atoms with Gasteiger partial charge in [0, 0.05) is 26.2 Å². The zero-order valence-electron chi connectivity index (χ0n) is 9.04. The number of non-ortho nitro benzene ring substituents is 1. The predicted molar refractivity (Wildman–Crippen MR) is 57.3 cm³/mol. The summed E-state index contributed by atoms with van der Waals surface area (Å²) in [5.41, 5.74) is -0.00807. The molecular weight excluding hydrogens is 212 g/mol. The summed E-state index contributed by atoms with van der Waals surface area (Å²) < 4.78 is 5.15. The maximum atomic E-state index is 11.2. The number of nitro groups is 1. The lowest BCUT2D eigenvalue weighted by atomic mass is 10.3. The van der Waals surface area contributed by atoms with Gasteiger partial charge >= 0.3 is 0 Å². The standard InChI is InChI=1S/C10H12N2O4/c1-11(2)10(13)7-16-9-5-3-8(4-6-9)12(14)15/h3-6H,7H2,1-2H3. The second kappa shape index (κ2) is 5.11. The highest BCUT2D eigenvalue weighted by Gasteiger charge is 2.07. The highest BCUT2D eigenvalue weighted by molar-refractivity contribution is 5.77. The second-order valence-electron chi connectivity index (χ2n) is 3.33. The first-order chi connectivity index (χ1) is 7.50. The van der Waals surface area contributed by atoms with Crippen LogP contribution >= 0.6 is 0 Å². The lowest BCUT2D eigenvalue weighted by molar-refractivity contribution is -0.384. The van der Waals surface area contributed by atoms with Gasteiger partial charge in [0.25, 0.3) is 11.6 Å². The van der Waals surface area contributed by atoms with Crippen molar-refractivity contribution in [2.75, 3.05) is 20.7 Å². The molecule has 0 heterocycles. The summed E-state index contributed by atoms with van der Waals surface area (Å²) in [6.45, 7) is -0.0786. The number of ether oxygens (including phenoxy) is 1. The lowest BCUT2D eigenvalue weighted by Gasteiger charge is -2.10. The Balaban J connectivity index is 2.56. The minimum absolute atomic E-state index is 0.00807. The summed E-state index contributed by atoms with van der Waals surface area (Å²) in [5, 5.41) is 10.4. The lowest BCUT2D eigenvalue weighted by Crippen LogP contribution is -2.27. The first-order valence-corrected chi connectivity index (χ1v) is 4.58. The van der Waals surface area contributed by atoms with Gasteiger partial charge in [0.2, 0.25) is 0 Å². The zero-order chi connectivity index (χ0) is 12.1. The third kappa shape index (κ3) is 3.23. The van der Waals surface area contributed by atoms with E-state index in [1.807, 2.05) is 0 Å². The van der Waals surface area contributed by atoms with Gasteiger partial charge in [0.1, 0.15) is 5.75 Å². The Hall–Kier alpha value is -2.11. The van der Waals surface area contributed by atoms with Crippen molar-refractivity contribution in [2.24, 2.45) is 0 Å². The summed E-state index contributed by atoms with van der Waals surface area (Å²) in [5.74, 6) is 0.263. The van der Waals surface area contributed by atoms with Crippen LogP contribution in [0.2, 0.25) is 0 Å². The minimum Gasteiger partial charge on any atom is -0.484 e. The molecule has 0 fully saturated rings. The van der Waals surface area contributed by atoms with Crippen molar-refractivity contribution in [3.63, 3.8) is 0 Å². The average molecular weight is 224 g/mol. The molecule has 0 aliphatic heterocycles. The summed E-state index contributed by atoms with van der Waals surface area (Å²) in [4.78, 5) is 22.5. The molecule has 0 aliphatic rings. The number of hydrogen-bond donors (Lipinski definition) is 0. The number of carbonyl (C=O) groups excluding carboxylic acids is 1. The van der Waals surface area contributed by atoms with E-state index in [0.717, 1.165) is 0 Å². The van der Waals surface area contributed by atoms with Crippen LogP contribution in [0.4, 0.5) is 5.69 Å². The van der Waals surface area contributed by atoms with Gasteiger partial charge in [-0.2, -0.15) is 0 Å². The van der Waals surface area contributed by atoms with Gasteiger partial charge in [-0.1, -0.05) is 0 Å². The van der Waals surface area contributed by atoms with Crippen LogP contribution in [-0.4, -0.2) is 36.4 Å². The zero-order valence-corrected chi connectivity index (χ0v) is 9.04. The fourth-order valence-electron chi connectivity index (χ4n) is 0.938. The Labute approximate surface area is 92.6 Å². The fourth-order valence-corrected chi connectivity index (χ4v) is 0.938. The molecule has 16 heavy (non-hydrogen) atoms. The Bertz CT molecular complexity index is 386. The van der Waals surface area contributed by atoms with E-state index in [1.54, 1.807) is 14.1 Å². The molecule has 0 spiro atoms. The highest BCUT2D eigenvalue weighted by atomic mass is 16.6. The van der Waals surface area contributed by atoms with E-state index in [0.29, 0.717) is 5.75 Å². The molecule has 0 radical (unpaired) electrons. The van der Waals surface area contributed by atoms with Gasteiger partial charge in [-0.15, -0.1) is 0 Å². The van der Waals surface area contributed by atoms with Crippen LogP contribution in [0, 0.1) is 10.1 Å². The van der Waals surface area contributed by atoms with Crippen LogP contribution in [0.15, 0.2) is 24.3 Å². The van der Waals surface area contributed by atoms with E-state index in [4.69, 9.17) is 4.74 Å². The molecule has 0 saturated carbocycles. The van der Waals surface area contributed by atoms with E-state index in [1.165, 1.54) is 29.2 Å². The van der Waals surface area contributed by atoms with Gasteiger partial charge < -0.3 is 9.64 Å². The summed E-state index contributed by atoms with van der Waals surface area (Å²) >= 11 is 0. The van der Waals surface area contributed by atoms with Gasteiger partial charge in [-0.05, 0) is 12.1 Å². The fraction of sp³-hybridized carbons (Fsp3) is 0.300. The number of carbonyl (C=O) groups is 1. The molecule has 0 aromatic heterocycles. The van der Waals surface area contributed by atoms with Crippen LogP contribution in [0.5, 0.6) is 5.75 Å². The Morgan fingerprint density at radius 1 is 1.38 bits per heavy atom. The molecule has 6 heteroatoms. The molecule has 1 rings (SSSR count). The molecule has 86 valence electrons. The number of rotatable bonds is 4. The molecule has 0 atom stereocenters. The van der Waals surface area contributed by atoms with Crippen LogP contribution in [-0.2, 0) is 4.79 Å². The number of hydrogen-bond acceptors (Lipinski definition) is 4. The van der Waals surface area contributed by atoms with Crippen LogP contribution < -0.4 is 4.74 Å². The van der Waals surface area contributed by atoms with Gasteiger partial charge in [0.15, 0.2) is 6.61 Å². The van der Waals surface area contributed by atoms with E-state index < -0.39 is 4.92 Å². The number of nitro benzene ring substituents is 1. The Morgan fingerprint density at radius 2 is 1.94 bits per heavy atom. The summed E-state index contributed by atoms with van der Waals surface area (Å²) in [6, 6.07) is 5.58. The van der Waals surface area contributed by atoms with Crippen LogP contribution in [0.1, 0.15) is 0 Å². The number of amides is 1. The van der Waals surface area contributed by atoms with E-state index in [2.05, 4.69) is 0 Å². The third-order valence-corrected chi connectivity index (χ3v) is 1.91. The third-order valence-electron chi connectivity index (χ3n) is 1.91. The smallest absolute Gasteiger partial charge is 0.269 e. The van der Waals surface area contributed by atoms with Crippen molar-refractivity contribution >= 4 is 11.6 Å². The molecule has 0 saturated heterocycles. The van der Waals surface area contributed by atoms with Crippen molar-refractivity contribution in [2.45, 2.75) is 0 Å². The van der Waals surface area contributed by atoms with Crippen molar-refractivity contribution in [1.82, 2.24) is 4.90 Å². The molecule has 0 bridgehead atoms. The minimum atomic E-state index is -0.491. The van der Waals surface area contributed by atoms with Crippen molar-refractivity contribution < 1.29 is 14.5 Å². The Kier molecular flexibility index (Phi) is 3.82. The molecule has 0 N–H and O–H groups in total. The van der Waals surface area contributed by atoms with Gasteiger partial charge in [0.05, 0.1) is 4.92 Å². The molecular formula is C10H12N2O4. The van der Waals surface area contributed by atoms with Crippen molar-refractivity contribution in [3.8, 4) is 5.75 Å². The summed E-state index contributed by atoms with van der Waals surface area (Å²) in [7, 11) is 3.25. The van der Waals surface area contributed by atoms with Crippen molar-refractivity contribution in [3.05, 3.63) is 34.4 Å². The van der Waals surface area contributed by atoms with E-state index in [-0.39, 0.29) is 18.2 Å². The first-order valence-electron chi connectivity index (χ1n) is 4.58. The monoisotopic (exact) mass is 224 g/mol. The van der Waals surface area contributed by atoms with Gasteiger partial charge in [-0.25, -0.2) is 0 Å². The topological polar surface area (TPSA) is 72.7 Å². The van der Waals surface area contributed by atoms with E-state index >= 15 is 0 Å². The molecule has 1 aromatic rings. The normalized spacial score (nSPS) is 9.62. The second-order valence-corrected chi connectivity index (χ2v) is 3.33. The predicted octanol–water partition coefficient (Wildman–Crippen LogP) is 1.06. The quantitative estimate of drug-likeness (QED) is 0.566. The largest absolute Gasteiger partial charge is 0.484 e. The molecule has 0 aliphatic carbocycles. The van der Waals surface area contributed by atoms with E-state index in [9.17, 15) is 14.9 Å². The SMILES string of the molecule is CN(C)C(=O)COc1ccc([N+](=O)[O-])cc1. The molecule has 1 aromatic carbocycles. The number of likely N-dealkylation sites (N-methyl/N-ethyl adjacent to an activating group) is 1. The first kappa shape index (κ1) is 12.0.